The van der Waals surface area contributed by atoms with E-state index in [4.69, 9.17) is 4.98 Å². The van der Waals surface area contributed by atoms with Gasteiger partial charge in [0.15, 0.2) is 0 Å². The number of aromatic amines is 1. The number of para-hydroxylation sites is 2. The molecule has 0 unspecified atom stereocenters. The number of aromatic nitrogens is 2. The molecule has 118 valence electrons. The third-order valence-corrected chi connectivity index (χ3v) is 5.04. The van der Waals surface area contributed by atoms with Crippen LogP contribution in [0.5, 0.6) is 0 Å². The summed E-state index contributed by atoms with van der Waals surface area (Å²) in [4.78, 5) is 10.9. The molecule has 4 rings (SSSR count). The molecule has 0 amide bonds. The molecule has 3 aromatic rings. The number of likely N-dealkylation sites (tertiary alicyclic amines) is 1. The Hall–Kier alpha value is -2.13. The topological polar surface area (TPSA) is 31.9 Å². The van der Waals surface area contributed by atoms with Gasteiger partial charge in [-0.15, -0.1) is 0 Å². The number of H-pyrrole nitrogens is 1. The molecule has 1 aliphatic heterocycles. The smallest absolute Gasteiger partial charge is 0.110 e. The van der Waals surface area contributed by atoms with E-state index in [1.54, 1.807) is 0 Å². The highest BCUT2D eigenvalue weighted by Gasteiger charge is 2.23. The second-order valence-electron chi connectivity index (χ2n) is 6.62. The van der Waals surface area contributed by atoms with E-state index < -0.39 is 0 Å². The monoisotopic (exact) mass is 305 g/mol. The Balaban J connectivity index is 1.41. The number of imidazole rings is 1. The zero-order valence-corrected chi connectivity index (χ0v) is 13.6. The van der Waals surface area contributed by atoms with Crippen molar-refractivity contribution in [3.05, 3.63) is 65.5 Å². The normalized spacial score (nSPS) is 16.9. The van der Waals surface area contributed by atoms with Crippen molar-refractivity contribution in [2.24, 2.45) is 0 Å². The number of rotatable bonds is 3. The fourth-order valence-electron chi connectivity index (χ4n) is 3.56. The van der Waals surface area contributed by atoms with Crippen LogP contribution in [-0.4, -0.2) is 28.0 Å². The van der Waals surface area contributed by atoms with E-state index in [0.29, 0.717) is 5.92 Å². The molecule has 0 bridgehead atoms. The molecule has 23 heavy (non-hydrogen) atoms. The minimum absolute atomic E-state index is 0.565. The van der Waals surface area contributed by atoms with Crippen LogP contribution in [0.3, 0.4) is 0 Å². The standard InChI is InChI=1S/C20H23N3/c1-15-6-2-3-7-17(15)14-23-12-10-16(11-13-23)20-21-18-8-4-5-9-19(18)22-20/h2-9,16H,10-14H2,1H3,(H,21,22). The van der Waals surface area contributed by atoms with Crippen molar-refractivity contribution < 1.29 is 0 Å². The van der Waals surface area contributed by atoms with Crippen molar-refractivity contribution in [2.45, 2.75) is 32.2 Å². The number of hydrogen-bond donors (Lipinski definition) is 1. The van der Waals surface area contributed by atoms with Crippen LogP contribution in [0.2, 0.25) is 0 Å². The van der Waals surface area contributed by atoms with Gasteiger partial charge in [-0.25, -0.2) is 4.98 Å². The van der Waals surface area contributed by atoms with Gasteiger partial charge in [0.05, 0.1) is 11.0 Å². The minimum Gasteiger partial charge on any atom is -0.342 e. The summed E-state index contributed by atoms with van der Waals surface area (Å²) in [7, 11) is 0. The zero-order chi connectivity index (χ0) is 15.6. The molecule has 1 aliphatic rings. The van der Waals surface area contributed by atoms with Crippen molar-refractivity contribution >= 4 is 11.0 Å². The molecular weight excluding hydrogens is 282 g/mol. The molecule has 0 aliphatic carbocycles. The van der Waals surface area contributed by atoms with E-state index >= 15 is 0 Å². The molecular formula is C20H23N3. The summed E-state index contributed by atoms with van der Waals surface area (Å²) in [6.07, 6.45) is 2.37. The van der Waals surface area contributed by atoms with Gasteiger partial charge in [-0.05, 0) is 56.1 Å². The summed E-state index contributed by atoms with van der Waals surface area (Å²) < 4.78 is 0. The van der Waals surface area contributed by atoms with E-state index in [9.17, 15) is 0 Å². The Kier molecular flexibility index (Phi) is 3.88. The van der Waals surface area contributed by atoms with Gasteiger partial charge in [0.2, 0.25) is 0 Å². The molecule has 1 saturated heterocycles. The Morgan fingerprint density at radius 1 is 1.04 bits per heavy atom. The maximum Gasteiger partial charge on any atom is 0.110 e. The molecule has 1 aromatic heterocycles. The average molecular weight is 305 g/mol. The van der Waals surface area contributed by atoms with Gasteiger partial charge < -0.3 is 4.98 Å². The van der Waals surface area contributed by atoms with Crippen LogP contribution in [0, 0.1) is 6.92 Å². The van der Waals surface area contributed by atoms with E-state index in [2.05, 4.69) is 65.3 Å². The maximum atomic E-state index is 4.79. The molecule has 0 saturated carbocycles. The Morgan fingerprint density at radius 2 is 1.78 bits per heavy atom. The molecule has 1 N–H and O–H groups in total. The summed E-state index contributed by atoms with van der Waals surface area (Å²) >= 11 is 0. The third kappa shape index (κ3) is 3.02. The van der Waals surface area contributed by atoms with Gasteiger partial charge in [-0.3, -0.25) is 4.90 Å². The number of fused-ring (bicyclic) bond motifs is 1. The summed E-state index contributed by atoms with van der Waals surface area (Å²) in [5, 5.41) is 0. The molecule has 2 aromatic carbocycles. The summed E-state index contributed by atoms with van der Waals surface area (Å²) in [6.45, 7) is 5.57. The number of benzene rings is 2. The average Bonchev–Trinajstić information content (AvgIpc) is 3.02. The second-order valence-corrected chi connectivity index (χ2v) is 6.62. The Bertz CT molecular complexity index is 764. The van der Waals surface area contributed by atoms with Gasteiger partial charge in [0, 0.05) is 12.5 Å². The summed E-state index contributed by atoms with van der Waals surface area (Å²) in [5.74, 6) is 1.73. The van der Waals surface area contributed by atoms with Crippen molar-refractivity contribution in [3.63, 3.8) is 0 Å². The summed E-state index contributed by atoms with van der Waals surface area (Å²) in [6, 6.07) is 17.0. The van der Waals surface area contributed by atoms with Crippen molar-refractivity contribution in [2.75, 3.05) is 13.1 Å². The second kappa shape index (κ2) is 6.17. The van der Waals surface area contributed by atoms with E-state index in [1.165, 1.54) is 29.8 Å². The van der Waals surface area contributed by atoms with E-state index in [1.807, 2.05) is 0 Å². The highest BCUT2D eigenvalue weighted by atomic mass is 15.1. The van der Waals surface area contributed by atoms with Crippen LogP contribution >= 0.6 is 0 Å². The number of nitrogens with one attached hydrogen (secondary N) is 1. The zero-order valence-electron chi connectivity index (χ0n) is 13.6. The maximum absolute atomic E-state index is 4.79. The molecule has 0 atom stereocenters. The van der Waals surface area contributed by atoms with Crippen LogP contribution in [0.1, 0.15) is 35.7 Å². The largest absolute Gasteiger partial charge is 0.342 e. The number of piperidine rings is 1. The predicted octanol–water partition coefficient (Wildman–Crippen LogP) is 4.25. The lowest BCUT2D eigenvalue weighted by Crippen LogP contribution is -2.32. The van der Waals surface area contributed by atoms with Crippen molar-refractivity contribution in [3.8, 4) is 0 Å². The van der Waals surface area contributed by atoms with Crippen LogP contribution in [-0.2, 0) is 6.54 Å². The Morgan fingerprint density at radius 3 is 2.57 bits per heavy atom. The predicted molar refractivity (Wildman–Crippen MR) is 94.5 cm³/mol. The quantitative estimate of drug-likeness (QED) is 0.784. The first-order valence-corrected chi connectivity index (χ1v) is 8.51. The molecule has 3 heteroatoms. The van der Waals surface area contributed by atoms with Crippen LogP contribution in [0.4, 0.5) is 0 Å². The fourth-order valence-corrected chi connectivity index (χ4v) is 3.56. The highest BCUT2D eigenvalue weighted by Crippen LogP contribution is 2.28. The lowest BCUT2D eigenvalue weighted by molar-refractivity contribution is 0.202. The molecule has 3 nitrogen and oxygen atoms in total. The summed E-state index contributed by atoms with van der Waals surface area (Å²) in [5.41, 5.74) is 5.09. The molecule has 0 radical (unpaired) electrons. The van der Waals surface area contributed by atoms with Gasteiger partial charge in [0.25, 0.3) is 0 Å². The van der Waals surface area contributed by atoms with Crippen LogP contribution in [0.25, 0.3) is 11.0 Å². The van der Waals surface area contributed by atoms with Crippen molar-refractivity contribution in [1.29, 1.82) is 0 Å². The van der Waals surface area contributed by atoms with E-state index in [0.717, 1.165) is 30.7 Å². The van der Waals surface area contributed by atoms with Gasteiger partial charge >= 0.3 is 0 Å². The van der Waals surface area contributed by atoms with Gasteiger partial charge in [0.1, 0.15) is 5.82 Å². The van der Waals surface area contributed by atoms with Gasteiger partial charge in [-0.1, -0.05) is 36.4 Å². The fraction of sp³-hybridized carbons (Fsp3) is 0.350. The SMILES string of the molecule is Cc1ccccc1CN1CCC(c2nc3ccccc3[nH]2)CC1. The third-order valence-electron chi connectivity index (χ3n) is 5.04. The minimum atomic E-state index is 0.565. The van der Waals surface area contributed by atoms with Crippen LogP contribution in [0.15, 0.2) is 48.5 Å². The van der Waals surface area contributed by atoms with Crippen molar-refractivity contribution in [1.82, 2.24) is 14.9 Å². The number of aryl methyl sites for hydroxylation is 1. The first-order valence-electron chi connectivity index (χ1n) is 8.51. The van der Waals surface area contributed by atoms with Gasteiger partial charge in [-0.2, -0.15) is 0 Å². The first kappa shape index (κ1) is 14.5. The lowest BCUT2D eigenvalue weighted by Gasteiger charge is -2.31. The lowest BCUT2D eigenvalue weighted by atomic mass is 9.95. The first-order chi connectivity index (χ1) is 11.3. The van der Waals surface area contributed by atoms with E-state index in [-0.39, 0.29) is 0 Å². The Labute approximate surface area is 137 Å². The number of nitrogens with zero attached hydrogens (tertiary/aromatic N) is 2. The molecule has 1 fully saturated rings. The number of hydrogen-bond acceptors (Lipinski definition) is 2. The highest BCUT2D eigenvalue weighted by molar-refractivity contribution is 5.74. The van der Waals surface area contributed by atoms with Crippen LogP contribution < -0.4 is 0 Å². The molecule has 0 spiro atoms. The molecule has 2 heterocycles.